The molecule has 4 aromatic rings. The van der Waals surface area contributed by atoms with Gasteiger partial charge < -0.3 is 20.4 Å². The molecule has 0 spiro atoms. The summed E-state index contributed by atoms with van der Waals surface area (Å²) in [5.41, 5.74) is -0.0637. The summed E-state index contributed by atoms with van der Waals surface area (Å²) in [6, 6.07) is 20.2. The Kier molecular flexibility index (Phi) is 17.8. The molecule has 56 heavy (non-hydrogen) atoms. The van der Waals surface area contributed by atoms with Crippen molar-refractivity contribution in [2.24, 2.45) is 0 Å². The van der Waals surface area contributed by atoms with Gasteiger partial charge in [0.05, 0.1) is 19.7 Å². The van der Waals surface area contributed by atoms with Crippen molar-refractivity contribution < 1.29 is 40.1 Å². The molecule has 20 heteroatoms. The van der Waals surface area contributed by atoms with Crippen LogP contribution in [0.2, 0.25) is 0 Å². The van der Waals surface area contributed by atoms with Crippen LogP contribution in [0.15, 0.2) is 97.1 Å². The molecule has 0 unspecified atom stereocenters. The van der Waals surface area contributed by atoms with E-state index in [-0.39, 0.29) is 45.7 Å². The first-order valence-corrected chi connectivity index (χ1v) is 17.3. The van der Waals surface area contributed by atoms with Gasteiger partial charge in [-0.05, 0) is 48.5 Å². The molecule has 0 atom stereocenters. The van der Waals surface area contributed by atoms with E-state index in [9.17, 15) is 40.5 Å². The van der Waals surface area contributed by atoms with Crippen LogP contribution in [0, 0.1) is 40.5 Å². The van der Waals surface area contributed by atoms with Crippen LogP contribution >= 0.6 is 0 Å². The third kappa shape index (κ3) is 16.3. The molecule has 0 amide bonds. The number of non-ortho nitro benzene ring substituents is 4. The maximum absolute atomic E-state index is 10.0. The second-order valence-electron chi connectivity index (χ2n) is 12.5. The number of hydrogen-bond acceptors (Lipinski definition) is 16. The number of piperazine rings is 6. The SMILES string of the molecule is C1CN2CCN1CC2.C1CN2CCN1CC2.O=[N+]([O-])c1ccc(O)cc1.O=[N+]([O-])c1ccc(O)cc1.O=[N+]([O-])c1ccc(O)cc1.O=[N+]([O-])c1ccc(O)cc1. The molecule has 6 aliphatic heterocycles. The monoisotopic (exact) mass is 780 g/mol. The quantitative estimate of drug-likeness (QED) is 0.165. The van der Waals surface area contributed by atoms with Crippen LogP contribution in [0.5, 0.6) is 23.0 Å². The molecule has 6 saturated heterocycles. The van der Waals surface area contributed by atoms with Crippen molar-refractivity contribution >= 4 is 22.7 Å². The van der Waals surface area contributed by atoms with Crippen molar-refractivity contribution in [3.05, 3.63) is 138 Å². The molecule has 4 aromatic carbocycles. The third-order valence-corrected chi connectivity index (χ3v) is 8.64. The molecule has 10 rings (SSSR count). The summed E-state index contributed by atoms with van der Waals surface area (Å²) >= 11 is 0. The van der Waals surface area contributed by atoms with Gasteiger partial charge in [0.1, 0.15) is 23.0 Å². The molecule has 300 valence electrons. The van der Waals surface area contributed by atoms with Gasteiger partial charge in [0.2, 0.25) is 0 Å². The highest BCUT2D eigenvalue weighted by molar-refractivity contribution is 5.37. The highest BCUT2D eigenvalue weighted by Gasteiger charge is 2.22. The second-order valence-corrected chi connectivity index (χ2v) is 12.5. The summed E-state index contributed by atoms with van der Waals surface area (Å²) in [7, 11) is 0. The van der Waals surface area contributed by atoms with Crippen LogP contribution in [-0.2, 0) is 0 Å². The van der Waals surface area contributed by atoms with Crippen LogP contribution in [0.3, 0.4) is 0 Å². The van der Waals surface area contributed by atoms with Gasteiger partial charge in [-0.1, -0.05) is 0 Å². The first-order valence-electron chi connectivity index (χ1n) is 17.3. The molecular formula is C36H44N8O12. The summed E-state index contributed by atoms with van der Waals surface area (Å²) < 4.78 is 0. The molecule has 4 N–H and O–H groups in total. The average Bonchev–Trinajstić information content (AvgIpc) is 3.21. The molecule has 4 bridgehead atoms. The molecule has 6 fully saturated rings. The van der Waals surface area contributed by atoms with E-state index in [1.54, 1.807) is 0 Å². The van der Waals surface area contributed by atoms with Gasteiger partial charge in [-0.3, -0.25) is 60.1 Å². The molecule has 6 aliphatic rings. The fourth-order valence-electron chi connectivity index (χ4n) is 5.34. The number of hydrogen-bond donors (Lipinski definition) is 4. The molecule has 0 aliphatic carbocycles. The number of phenols is 4. The van der Waals surface area contributed by atoms with E-state index < -0.39 is 19.7 Å². The number of rotatable bonds is 4. The van der Waals surface area contributed by atoms with Gasteiger partial charge in [0.25, 0.3) is 22.7 Å². The van der Waals surface area contributed by atoms with E-state index in [4.69, 9.17) is 20.4 Å². The molecule has 0 aromatic heterocycles. The zero-order chi connectivity index (χ0) is 41.0. The molecule has 0 radical (unpaired) electrons. The van der Waals surface area contributed by atoms with Gasteiger partial charge in [-0.15, -0.1) is 0 Å². The molecular weight excluding hydrogens is 736 g/mol. The fraction of sp³-hybridized carbons (Fsp3) is 0.333. The maximum Gasteiger partial charge on any atom is 0.269 e. The first kappa shape index (κ1) is 43.9. The Morgan fingerprint density at radius 1 is 0.304 bits per heavy atom. The number of nitro groups is 4. The van der Waals surface area contributed by atoms with E-state index in [1.165, 1.54) is 176 Å². The van der Waals surface area contributed by atoms with Crippen molar-refractivity contribution in [1.29, 1.82) is 0 Å². The van der Waals surface area contributed by atoms with Crippen LogP contribution in [0.1, 0.15) is 0 Å². The average molecular weight is 781 g/mol. The number of phenolic OH excluding ortho intramolecular Hbond substituents is 4. The highest BCUT2D eigenvalue weighted by Crippen LogP contribution is 2.18. The first-order chi connectivity index (χ1) is 26.7. The normalized spacial score (nSPS) is 19.4. The lowest BCUT2D eigenvalue weighted by atomic mass is 10.2. The highest BCUT2D eigenvalue weighted by atomic mass is 16.6. The van der Waals surface area contributed by atoms with Gasteiger partial charge in [-0.25, -0.2) is 0 Å². The molecule has 6 heterocycles. The minimum atomic E-state index is -0.514. The minimum absolute atomic E-state index is 0.0159. The van der Waals surface area contributed by atoms with Crippen LogP contribution in [0.4, 0.5) is 22.7 Å². The van der Waals surface area contributed by atoms with Crippen molar-refractivity contribution in [3.8, 4) is 23.0 Å². The third-order valence-electron chi connectivity index (χ3n) is 8.64. The predicted octanol–water partition coefficient (Wildman–Crippen LogP) is 4.44. The van der Waals surface area contributed by atoms with E-state index in [1.807, 2.05) is 0 Å². The van der Waals surface area contributed by atoms with Crippen molar-refractivity contribution in [1.82, 2.24) is 19.6 Å². The van der Waals surface area contributed by atoms with Crippen LogP contribution in [-0.4, -0.2) is 138 Å². The van der Waals surface area contributed by atoms with Crippen LogP contribution in [0.25, 0.3) is 0 Å². The van der Waals surface area contributed by atoms with Gasteiger partial charge >= 0.3 is 0 Å². The lowest BCUT2D eigenvalue weighted by Crippen LogP contribution is -2.55. The van der Waals surface area contributed by atoms with E-state index in [0.717, 1.165) is 0 Å². The Bertz CT molecular complexity index is 1530. The van der Waals surface area contributed by atoms with Gasteiger partial charge in [0.15, 0.2) is 0 Å². The van der Waals surface area contributed by atoms with Gasteiger partial charge in [-0.2, -0.15) is 0 Å². The number of nitrogens with zero attached hydrogens (tertiary/aromatic N) is 8. The topological polar surface area (TPSA) is 266 Å². The summed E-state index contributed by atoms with van der Waals surface area (Å²) in [6.07, 6.45) is 0. The Hall–Kier alpha value is -6.48. The predicted molar refractivity (Wildman–Crippen MR) is 205 cm³/mol. The van der Waals surface area contributed by atoms with E-state index >= 15 is 0 Å². The minimum Gasteiger partial charge on any atom is -0.508 e. The van der Waals surface area contributed by atoms with Gasteiger partial charge in [0, 0.05) is 127 Å². The van der Waals surface area contributed by atoms with E-state index in [2.05, 4.69) is 19.6 Å². The Labute approximate surface area is 321 Å². The standard InChI is InChI=1S/2C6H12N2.4C6H5NO3/c2*1-2-8-5-3-7(1)4-6-8;4*8-6-3-1-5(2-4-6)7(9)10/h2*1-6H2;4*1-4,8H. The van der Waals surface area contributed by atoms with Crippen molar-refractivity contribution in [2.45, 2.75) is 0 Å². The largest absolute Gasteiger partial charge is 0.508 e. The number of aromatic hydroxyl groups is 4. The maximum atomic E-state index is 10.0. The number of fused-ring (bicyclic) bond motifs is 6. The summed E-state index contributed by atoms with van der Waals surface area (Å²) in [6.45, 7) is 15.8. The summed E-state index contributed by atoms with van der Waals surface area (Å²) in [4.78, 5) is 48.3. The smallest absolute Gasteiger partial charge is 0.269 e. The lowest BCUT2D eigenvalue weighted by Gasteiger charge is -2.41. The fourth-order valence-corrected chi connectivity index (χ4v) is 5.34. The van der Waals surface area contributed by atoms with Crippen LogP contribution < -0.4 is 0 Å². The Balaban J connectivity index is 0.000000180. The van der Waals surface area contributed by atoms with Crippen molar-refractivity contribution in [3.63, 3.8) is 0 Å². The zero-order valence-electron chi connectivity index (χ0n) is 30.4. The summed E-state index contributed by atoms with van der Waals surface area (Å²) in [5, 5.41) is 75.0. The van der Waals surface area contributed by atoms with E-state index in [0.29, 0.717) is 0 Å². The zero-order valence-corrected chi connectivity index (χ0v) is 30.4. The summed E-state index contributed by atoms with van der Waals surface area (Å²) in [5.74, 6) is 0.132. The second kappa shape index (κ2) is 22.7. The molecule has 20 nitrogen and oxygen atoms in total. The number of nitro benzene ring substituents is 4. The Morgan fingerprint density at radius 3 is 0.518 bits per heavy atom. The number of benzene rings is 4. The van der Waals surface area contributed by atoms with Crippen molar-refractivity contribution in [2.75, 3.05) is 78.5 Å². The Morgan fingerprint density at radius 2 is 0.429 bits per heavy atom. The lowest BCUT2D eigenvalue weighted by molar-refractivity contribution is -0.385. The molecule has 0 saturated carbocycles.